The van der Waals surface area contributed by atoms with Gasteiger partial charge in [-0.25, -0.2) is 4.79 Å². The zero-order chi connectivity index (χ0) is 15.6. The molecule has 1 saturated carbocycles. The molecule has 0 amide bonds. The van der Waals surface area contributed by atoms with E-state index in [0.717, 1.165) is 25.9 Å². The minimum absolute atomic E-state index is 0.0307. The van der Waals surface area contributed by atoms with Crippen molar-refractivity contribution in [2.45, 2.75) is 24.9 Å². The summed E-state index contributed by atoms with van der Waals surface area (Å²) in [6, 6.07) is 6.28. The van der Waals surface area contributed by atoms with E-state index in [4.69, 9.17) is 9.47 Å². The van der Waals surface area contributed by atoms with E-state index in [9.17, 15) is 14.9 Å². The summed E-state index contributed by atoms with van der Waals surface area (Å²) in [6.45, 7) is 1.36. The molecule has 6 nitrogen and oxygen atoms in total. The van der Waals surface area contributed by atoms with Crippen LogP contribution in [-0.2, 0) is 14.3 Å². The Balaban J connectivity index is 1.66. The Morgan fingerprint density at radius 2 is 2.18 bits per heavy atom. The van der Waals surface area contributed by atoms with Gasteiger partial charge in [-0.15, -0.1) is 0 Å². The predicted octanol–water partition coefficient (Wildman–Crippen LogP) is 2.72. The number of hydrogen-bond donors (Lipinski definition) is 0. The van der Waals surface area contributed by atoms with Crippen LogP contribution >= 0.6 is 0 Å². The fourth-order valence-electron chi connectivity index (χ4n) is 2.85. The second-order valence-corrected chi connectivity index (χ2v) is 5.70. The summed E-state index contributed by atoms with van der Waals surface area (Å²) in [7, 11) is 0. The average Bonchev–Trinajstić information content (AvgIpc) is 3.07. The maximum absolute atomic E-state index is 12.0. The van der Waals surface area contributed by atoms with E-state index in [1.165, 1.54) is 18.2 Å². The first-order valence-electron chi connectivity index (χ1n) is 7.33. The number of rotatable bonds is 5. The van der Waals surface area contributed by atoms with Crippen molar-refractivity contribution in [3.05, 3.63) is 46.0 Å². The number of nitro benzene ring substituents is 1. The van der Waals surface area contributed by atoms with Crippen molar-refractivity contribution >= 4 is 17.7 Å². The van der Waals surface area contributed by atoms with Crippen LogP contribution in [0.15, 0.2) is 30.3 Å². The number of hydrogen-bond acceptors (Lipinski definition) is 5. The fraction of sp³-hybridized carbons (Fsp3) is 0.438. The molecule has 0 bridgehead atoms. The van der Waals surface area contributed by atoms with Gasteiger partial charge in [-0.1, -0.05) is 12.1 Å². The molecule has 116 valence electrons. The van der Waals surface area contributed by atoms with E-state index in [2.05, 4.69) is 0 Å². The predicted molar refractivity (Wildman–Crippen MR) is 79.1 cm³/mol. The van der Waals surface area contributed by atoms with Crippen molar-refractivity contribution in [1.29, 1.82) is 0 Å². The lowest BCUT2D eigenvalue weighted by Crippen LogP contribution is -2.28. The second kappa shape index (κ2) is 5.88. The molecule has 1 heterocycles. The fourth-order valence-corrected chi connectivity index (χ4v) is 2.85. The molecule has 1 aliphatic carbocycles. The number of carbonyl (C=O) groups excluding carboxylic acids is 1. The van der Waals surface area contributed by atoms with E-state index in [1.54, 1.807) is 18.2 Å². The molecule has 6 heteroatoms. The first kappa shape index (κ1) is 14.7. The number of ether oxygens (including phenoxy) is 2. The summed E-state index contributed by atoms with van der Waals surface area (Å²) in [5.41, 5.74) is -0.0176. The number of nitrogens with zero attached hydrogens (tertiary/aromatic N) is 1. The smallest absolute Gasteiger partial charge is 0.331 e. The lowest BCUT2D eigenvalue weighted by molar-refractivity contribution is -0.385. The van der Waals surface area contributed by atoms with Crippen LogP contribution in [0.5, 0.6) is 0 Å². The van der Waals surface area contributed by atoms with Crippen LogP contribution in [0.2, 0.25) is 0 Å². The Hall–Kier alpha value is -2.21. The van der Waals surface area contributed by atoms with Gasteiger partial charge in [-0.3, -0.25) is 10.1 Å². The van der Waals surface area contributed by atoms with E-state index in [-0.39, 0.29) is 17.2 Å². The lowest BCUT2D eigenvalue weighted by atomic mass is 9.99. The molecule has 22 heavy (non-hydrogen) atoms. The molecule has 1 aliphatic heterocycles. The molecule has 1 atom stereocenters. The van der Waals surface area contributed by atoms with Gasteiger partial charge < -0.3 is 9.47 Å². The SMILES string of the molecule is O=C(/C=C/c1ccccc1[N+](=O)[O-])OC1([C@@H]2CCOC2)CC1. The molecular formula is C16H17NO5. The Bertz CT molecular complexity index is 615. The van der Waals surface area contributed by atoms with Gasteiger partial charge in [0.05, 0.1) is 17.1 Å². The number of para-hydroxylation sites is 1. The highest BCUT2D eigenvalue weighted by atomic mass is 16.6. The molecule has 0 spiro atoms. The summed E-state index contributed by atoms with van der Waals surface area (Å²) in [6.07, 6.45) is 5.35. The van der Waals surface area contributed by atoms with Crippen molar-refractivity contribution < 1.29 is 19.2 Å². The third kappa shape index (κ3) is 3.01. The largest absolute Gasteiger partial charge is 0.456 e. The standard InChI is InChI=1S/C16H17NO5/c18-15(22-16(8-9-16)13-7-10-21-11-13)6-5-12-3-1-2-4-14(12)17(19)20/h1-6,13H,7-11H2/b6-5+/t13-/m1/s1. The molecular weight excluding hydrogens is 286 g/mol. The first-order valence-corrected chi connectivity index (χ1v) is 7.33. The summed E-state index contributed by atoms with van der Waals surface area (Å²) in [4.78, 5) is 22.4. The van der Waals surface area contributed by atoms with Crippen molar-refractivity contribution in [3.63, 3.8) is 0 Å². The zero-order valence-electron chi connectivity index (χ0n) is 12.1. The van der Waals surface area contributed by atoms with E-state index in [1.807, 2.05) is 0 Å². The topological polar surface area (TPSA) is 78.7 Å². The Kier molecular flexibility index (Phi) is 3.94. The molecule has 0 N–H and O–H groups in total. The van der Waals surface area contributed by atoms with E-state index in [0.29, 0.717) is 12.2 Å². The summed E-state index contributed by atoms with van der Waals surface area (Å²) in [5, 5.41) is 10.9. The monoisotopic (exact) mass is 303 g/mol. The minimum Gasteiger partial charge on any atom is -0.456 e. The highest BCUT2D eigenvalue weighted by molar-refractivity contribution is 5.88. The third-order valence-electron chi connectivity index (χ3n) is 4.25. The van der Waals surface area contributed by atoms with Crippen LogP contribution in [0.1, 0.15) is 24.8 Å². The van der Waals surface area contributed by atoms with E-state index >= 15 is 0 Å². The first-order chi connectivity index (χ1) is 10.6. The molecule has 0 aromatic heterocycles. The number of benzene rings is 1. The lowest BCUT2D eigenvalue weighted by Gasteiger charge is -2.21. The van der Waals surface area contributed by atoms with Crippen LogP contribution < -0.4 is 0 Å². The molecule has 2 aliphatic rings. The maximum atomic E-state index is 12.0. The van der Waals surface area contributed by atoms with Crippen LogP contribution in [0.4, 0.5) is 5.69 Å². The van der Waals surface area contributed by atoms with Crippen LogP contribution in [0, 0.1) is 16.0 Å². The van der Waals surface area contributed by atoms with Gasteiger partial charge in [0.15, 0.2) is 0 Å². The molecule has 0 unspecified atom stereocenters. The summed E-state index contributed by atoms with van der Waals surface area (Å²) in [5.74, 6) is -0.182. The summed E-state index contributed by atoms with van der Waals surface area (Å²) < 4.78 is 10.9. The van der Waals surface area contributed by atoms with Gasteiger partial charge in [0, 0.05) is 24.7 Å². The molecule has 3 rings (SSSR count). The highest BCUT2D eigenvalue weighted by Crippen LogP contribution is 2.49. The number of carbonyl (C=O) groups is 1. The normalized spacial score (nSPS) is 22.6. The van der Waals surface area contributed by atoms with Gasteiger partial charge in [0.1, 0.15) is 5.60 Å². The number of esters is 1. The van der Waals surface area contributed by atoms with Gasteiger partial charge >= 0.3 is 5.97 Å². The minimum atomic E-state index is -0.469. The van der Waals surface area contributed by atoms with Gasteiger partial charge in [-0.05, 0) is 31.4 Å². The Morgan fingerprint density at radius 1 is 1.41 bits per heavy atom. The Morgan fingerprint density at radius 3 is 2.82 bits per heavy atom. The van der Waals surface area contributed by atoms with Gasteiger partial charge in [0.2, 0.25) is 0 Å². The van der Waals surface area contributed by atoms with Crippen molar-refractivity contribution in [2.24, 2.45) is 5.92 Å². The van der Waals surface area contributed by atoms with Gasteiger partial charge in [-0.2, -0.15) is 0 Å². The summed E-state index contributed by atoms with van der Waals surface area (Å²) >= 11 is 0. The number of nitro groups is 1. The van der Waals surface area contributed by atoms with Crippen molar-refractivity contribution in [1.82, 2.24) is 0 Å². The van der Waals surface area contributed by atoms with Crippen molar-refractivity contribution in [2.75, 3.05) is 13.2 Å². The molecule has 1 aromatic rings. The molecule has 0 radical (unpaired) electrons. The second-order valence-electron chi connectivity index (χ2n) is 5.70. The molecule has 2 fully saturated rings. The van der Waals surface area contributed by atoms with E-state index < -0.39 is 10.9 Å². The Labute approximate surface area is 127 Å². The van der Waals surface area contributed by atoms with Crippen LogP contribution in [-0.4, -0.2) is 29.7 Å². The van der Waals surface area contributed by atoms with Crippen molar-refractivity contribution in [3.8, 4) is 0 Å². The molecule has 1 aromatic carbocycles. The van der Waals surface area contributed by atoms with Gasteiger partial charge in [0.25, 0.3) is 5.69 Å². The maximum Gasteiger partial charge on any atom is 0.331 e. The average molecular weight is 303 g/mol. The third-order valence-corrected chi connectivity index (χ3v) is 4.25. The van der Waals surface area contributed by atoms with Crippen LogP contribution in [0.25, 0.3) is 6.08 Å². The highest BCUT2D eigenvalue weighted by Gasteiger charge is 2.53. The molecule has 1 saturated heterocycles. The van der Waals surface area contributed by atoms with Crippen LogP contribution in [0.3, 0.4) is 0 Å². The zero-order valence-corrected chi connectivity index (χ0v) is 12.1. The quantitative estimate of drug-likeness (QED) is 0.362.